The maximum atomic E-state index is 14.1. The number of nitrogens with zero attached hydrogens (tertiary/aromatic N) is 2. The van der Waals surface area contributed by atoms with E-state index in [-0.39, 0.29) is 17.6 Å². The van der Waals surface area contributed by atoms with Crippen LogP contribution in [-0.4, -0.2) is 36.2 Å². The second-order valence-electron chi connectivity index (χ2n) is 9.90. The normalized spacial score (nSPS) is 11.2. The van der Waals surface area contributed by atoms with E-state index in [1.54, 1.807) is 31.6 Å². The molecule has 0 aliphatic heterocycles. The van der Waals surface area contributed by atoms with Crippen LogP contribution in [0.1, 0.15) is 34.0 Å². The third-order valence-electron chi connectivity index (χ3n) is 6.93. The molecule has 0 aliphatic rings. The number of aromatic nitrogens is 1. The molecule has 0 bridgehead atoms. The van der Waals surface area contributed by atoms with E-state index in [4.69, 9.17) is 15.2 Å². The molecule has 0 amide bonds. The van der Waals surface area contributed by atoms with E-state index >= 15 is 0 Å². The monoisotopic (exact) mass is 567 g/mol. The van der Waals surface area contributed by atoms with Gasteiger partial charge in [-0.05, 0) is 48.9 Å². The van der Waals surface area contributed by atoms with Gasteiger partial charge in [-0.2, -0.15) is 0 Å². The summed E-state index contributed by atoms with van der Waals surface area (Å²) in [6.07, 6.45) is 1.62. The van der Waals surface area contributed by atoms with Crippen LogP contribution in [0.2, 0.25) is 0 Å². The van der Waals surface area contributed by atoms with Crippen molar-refractivity contribution in [2.24, 2.45) is 0 Å². The van der Waals surface area contributed by atoms with Gasteiger partial charge in [-0.3, -0.25) is 9.69 Å². The molecule has 41 heavy (non-hydrogen) atoms. The number of fused-ring (bicyclic) bond motifs is 1. The molecule has 0 saturated heterocycles. The van der Waals surface area contributed by atoms with Crippen LogP contribution in [0.5, 0.6) is 5.75 Å². The SMILES string of the molecule is CCOC(=O)c1cn(Cc2ccccc2OC)c2sc(-c3ccc(N)cc3)c(CN(C)Cc3ccccc3)c2c1=O. The van der Waals surface area contributed by atoms with E-state index in [1.165, 1.54) is 5.56 Å². The maximum absolute atomic E-state index is 14.1. The Balaban J connectivity index is 1.73. The highest BCUT2D eigenvalue weighted by Crippen LogP contribution is 2.39. The number of esters is 1. The molecule has 5 rings (SSSR count). The van der Waals surface area contributed by atoms with Gasteiger partial charge >= 0.3 is 5.97 Å². The Morgan fingerprint density at radius 1 is 0.976 bits per heavy atom. The number of nitrogen functional groups attached to an aromatic ring is 1. The average Bonchev–Trinajstić information content (AvgIpc) is 3.35. The molecular weight excluding hydrogens is 534 g/mol. The van der Waals surface area contributed by atoms with Gasteiger partial charge in [-0.1, -0.05) is 60.7 Å². The summed E-state index contributed by atoms with van der Waals surface area (Å²) in [6.45, 7) is 3.53. The topological polar surface area (TPSA) is 86.8 Å². The van der Waals surface area contributed by atoms with Crippen molar-refractivity contribution in [3.63, 3.8) is 0 Å². The van der Waals surface area contributed by atoms with Gasteiger partial charge in [-0.15, -0.1) is 11.3 Å². The third-order valence-corrected chi connectivity index (χ3v) is 8.25. The smallest absolute Gasteiger partial charge is 0.343 e. The number of carbonyl (C=O) groups is 1. The minimum atomic E-state index is -0.628. The zero-order valence-corrected chi connectivity index (χ0v) is 24.2. The summed E-state index contributed by atoms with van der Waals surface area (Å²) in [4.78, 5) is 31.0. The molecule has 0 unspecified atom stereocenters. The lowest BCUT2D eigenvalue weighted by Crippen LogP contribution is -2.23. The summed E-state index contributed by atoms with van der Waals surface area (Å²) < 4.78 is 12.9. The molecule has 0 fully saturated rings. The summed E-state index contributed by atoms with van der Waals surface area (Å²) in [5.41, 5.74) is 10.3. The summed E-state index contributed by atoms with van der Waals surface area (Å²) in [5.74, 6) is 0.104. The number of pyridine rings is 1. The number of anilines is 1. The molecule has 210 valence electrons. The number of nitrogens with two attached hydrogens (primary N) is 1. The highest BCUT2D eigenvalue weighted by molar-refractivity contribution is 7.22. The zero-order chi connectivity index (χ0) is 28.9. The molecule has 2 aromatic heterocycles. The molecule has 0 atom stereocenters. The quantitative estimate of drug-likeness (QED) is 0.160. The summed E-state index contributed by atoms with van der Waals surface area (Å²) in [5, 5.41) is 0.530. The fourth-order valence-electron chi connectivity index (χ4n) is 5.02. The highest BCUT2D eigenvalue weighted by Gasteiger charge is 2.25. The van der Waals surface area contributed by atoms with Crippen LogP contribution in [0, 0.1) is 0 Å². The molecular formula is C33H33N3O4S. The minimum Gasteiger partial charge on any atom is -0.496 e. The highest BCUT2D eigenvalue weighted by atomic mass is 32.1. The summed E-state index contributed by atoms with van der Waals surface area (Å²) in [6, 6.07) is 25.6. The first kappa shape index (κ1) is 28.1. The molecule has 0 saturated carbocycles. The first-order valence-electron chi connectivity index (χ1n) is 13.5. The molecule has 8 heteroatoms. The molecule has 3 aromatic carbocycles. The largest absolute Gasteiger partial charge is 0.496 e. The van der Waals surface area contributed by atoms with E-state index in [0.29, 0.717) is 30.7 Å². The fourth-order valence-corrected chi connectivity index (χ4v) is 6.31. The van der Waals surface area contributed by atoms with Gasteiger partial charge in [-0.25, -0.2) is 4.79 Å². The van der Waals surface area contributed by atoms with Gasteiger partial charge in [0.2, 0.25) is 5.43 Å². The number of benzene rings is 3. The number of ether oxygens (including phenoxy) is 2. The van der Waals surface area contributed by atoms with Crippen molar-refractivity contribution in [2.75, 3.05) is 26.5 Å². The molecule has 0 radical (unpaired) electrons. The molecule has 5 aromatic rings. The van der Waals surface area contributed by atoms with Gasteiger partial charge in [0.05, 0.1) is 25.6 Å². The Hall–Kier alpha value is -4.40. The molecule has 2 N–H and O–H groups in total. The molecule has 0 spiro atoms. The van der Waals surface area contributed by atoms with Gasteiger partial charge in [0.25, 0.3) is 0 Å². The van der Waals surface area contributed by atoms with E-state index < -0.39 is 5.97 Å². The van der Waals surface area contributed by atoms with Crippen LogP contribution < -0.4 is 15.9 Å². The van der Waals surface area contributed by atoms with Crippen LogP contribution in [-0.2, 0) is 24.4 Å². The lowest BCUT2D eigenvalue weighted by atomic mass is 10.0. The van der Waals surface area contributed by atoms with Crippen LogP contribution in [0.4, 0.5) is 5.69 Å². The van der Waals surface area contributed by atoms with Crippen molar-refractivity contribution < 1.29 is 14.3 Å². The van der Waals surface area contributed by atoms with Gasteiger partial charge in [0.1, 0.15) is 16.1 Å². The summed E-state index contributed by atoms with van der Waals surface area (Å²) >= 11 is 1.54. The lowest BCUT2D eigenvalue weighted by molar-refractivity contribution is 0.0524. The standard InChI is InChI=1S/C33H33N3O4S/c1-4-40-33(38)27-21-36(19-24-12-8-9-13-28(24)39-3)32-29(30(27)37)26(20-35(2)18-22-10-6-5-7-11-22)31(41-32)23-14-16-25(34)17-15-23/h5-17,21H,4,18-20,34H2,1-3H3. The van der Waals surface area contributed by atoms with Crippen LogP contribution in [0.25, 0.3) is 20.7 Å². The van der Waals surface area contributed by atoms with E-state index in [9.17, 15) is 9.59 Å². The zero-order valence-electron chi connectivity index (χ0n) is 23.4. The van der Waals surface area contributed by atoms with Crippen LogP contribution in [0.15, 0.2) is 89.9 Å². The van der Waals surface area contributed by atoms with Gasteiger partial charge < -0.3 is 19.8 Å². The number of carbonyl (C=O) groups excluding carboxylic acids is 1. The number of para-hydroxylation sites is 1. The number of methoxy groups -OCH3 is 1. The van der Waals surface area contributed by atoms with Crippen molar-refractivity contribution in [1.29, 1.82) is 0 Å². The lowest BCUT2D eigenvalue weighted by Gasteiger charge is -2.18. The molecule has 0 aliphatic carbocycles. The van der Waals surface area contributed by atoms with E-state index in [2.05, 4.69) is 17.0 Å². The number of hydrogen-bond acceptors (Lipinski definition) is 7. The molecule has 7 nitrogen and oxygen atoms in total. The van der Waals surface area contributed by atoms with Crippen molar-refractivity contribution in [3.05, 3.63) is 118 Å². The van der Waals surface area contributed by atoms with Gasteiger partial charge in [0.15, 0.2) is 0 Å². The summed E-state index contributed by atoms with van der Waals surface area (Å²) in [7, 11) is 3.67. The predicted molar refractivity (Wildman–Crippen MR) is 166 cm³/mol. The third kappa shape index (κ3) is 6.04. The Kier molecular flexibility index (Phi) is 8.52. The second-order valence-corrected chi connectivity index (χ2v) is 10.9. The first-order valence-corrected chi connectivity index (χ1v) is 14.3. The van der Waals surface area contributed by atoms with Crippen LogP contribution >= 0.6 is 11.3 Å². The molecule has 2 heterocycles. The fraction of sp³-hybridized carbons (Fsp3) is 0.212. The van der Waals surface area contributed by atoms with Gasteiger partial charge in [0, 0.05) is 35.4 Å². The predicted octanol–water partition coefficient (Wildman–Crippen LogP) is 6.18. The van der Waals surface area contributed by atoms with E-state index in [0.717, 1.165) is 32.1 Å². The van der Waals surface area contributed by atoms with E-state index in [1.807, 2.05) is 78.3 Å². The average molecular weight is 568 g/mol. The second kappa shape index (κ2) is 12.4. The Morgan fingerprint density at radius 3 is 2.39 bits per heavy atom. The van der Waals surface area contributed by atoms with Crippen LogP contribution in [0.3, 0.4) is 0 Å². The maximum Gasteiger partial charge on any atom is 0.343 e. The minimum absolute atomic E-state index is 0.0165. The Morgan fingerprint density at radius 2 is 1.68 bits per heavy atom. The Bertz CT molecular complexity index is 1730. The number of thiophene rings is 1. The first-order chi connectivity index (χ1) is 19.9. The van der Waals surface area contributed by atoms with Crippen molar-refractivity contribution in [1.82, 2.24) is 9.47 Å². The Labute approximate surface area is 243 Å². The number of hydrogen-bond donors (Lipinski definition) is 1. The van der Waals surface area contributed by atoms with Crippen molar-refractivity contribution in [2.45, 2.75) is 26.6 Å². The number of rotatable bonds is 10. The van der Waals surface area contributed by atoms with Crippen molar-refractivity contribution in [3.8, 4) is 16.2 Å². The van der Waals surface area contributed by atoms with Crippen molar-refractivity contribution >= 4 is 33.2 Å².